The summed E-state index contributed by atoms with van der Waals surface area (Å²) in [5, 5.41) is 3.05. The maximum Gasteiger partial charge on any atom is 0.251 e. The molecule has 1 aliphatic heterocycles. The van der Waals surface area contributed by atoms with Crippen LogP contribution < -0.4 is 5.32 Å². The lowest BCUT2D eigenvalue weighted by atomic mass is 9.90. The van der Waals surface area contributed by atoms with Gasteiger partial charge in [-0.3, -0.25) is 4.79 Å². The van der Waals surface area contributed by atoms with Crippen molar-refractivity contribution in [1.29, 1.82) is 0 Å². The van der Waals surface area contributed by atoms with Gasteiger partial charge in [0.15, 0.2) is 0 Å². The van der Waals surface area contributed by atoms with E-state index < -0.39 is 10.0 Å². The van der Waals surface area contributed by atoms with Crippen LogP contribution in [0.1, 0.15) is 48.0 Å². The normalized spacial score (nSPS) is 20.5. The maximum absolute atomic E-state index is 12.1. The van der Waals surface area contributed by atoms with Crippen LogP contribution in [0.5, 0.6) is 0 Å². The van der Waals surface area contributed by atoms with Crippen LogP contribution >= 0.6 is 0 Å². The fourth-order valence-corrected chi connectivity index (χ4v) is 4.27. The Kier molecular flexibility index (Phi) is 5.25. The lowest BCUT2D eigenvalue weighted by Crippen LogP contribution is -2.39. The summed E-state index contributed by atoms with van der Waals surface area (Å²) in [6.07, 6.45) is 7.42. The van der Waals surface area contributed by atoms with Crippen molar-refractivity contribution in [2.45, 2.75) is 44.6 Å². The fourth-order valence-electron chi connectivity index (χ4n) is 3.39. The van der Waals surface area contributed by atoms with Crippen LogP contribution in [0.15, 0.2) is 24.3 Å². The summed E-state index contributed by atoms with van der Waals surface area (Å²) in [5.41, 5.74) is 1.94. The summed E-state index contributed by atoms with van der Waals surface area (Å²) < 4.78 is 24.7. The minimum absolute atomic E-state index is 0.0210. The van der Waals surface area contributed by atoms with E-state index in [2.05, 4.69) is 5.32 Å². The second-order valence-electron chi connectivity index (χ2n) is 7.11. The van der Waals surface area contributed by atoms with Gasteiger partial charge in [-0.05, 0) is 62.1 Å². The summed E-state index contributed by atoms with van der Waals surface area (Å²) in [4.78, 5) is 12.1. The first-order chi connectivity index (χ1) is 11.4. The predicted molar refractivity (Wildman–Crippen MR) is 94.4 cm³/mol. The number of carbonyl (C=O) groups excluding carboxylic acids is 1. The molecule has 1 aliphatic carbocycles. The molecule has 0 radical (unpaired) electrons. The molecule has 132 valence electrons. The number of benzene rings is 1. The summed E-state index contributed by atoms with van der Waals surface area (Å²) in [7, 11) is -3.06. The zero-order valence-electron chi connectivity index (χ0n) is 14.2. The van der Waals surface area contributed by atoms with Crippen molar-refractivity contribution in [1.82, 2.24) is 9.62 Å². The highest BCUT2D eigenvalue weighted by Crippen LogP contribution is 2.23. The Morgan fingerprint density at radius 1 is 1.12 bits per heavy atom. The number of hydrogen-bond acceptors (Lipinski definition) is 3. The van der Waals surface area contributed by atoms with Gasteiger partial charge in [0.05, 0.1) is 6.26 Å². The van der Waals surface area contributed by atoms with Gasteiger partial charge in [0.25, 0.3) is 5.91 Å². The molecule has 0 atom stereocenters. The smallest absolute Gasteiger partial charge is 0.251 e. The molecule has 2 aliphatic rings. The minimum Gasteiger partial charge on any atom is -0.349 e. The molecule has 0 bridgehead atoms. The zero-order chi connectivity index (χ0) is 17.2. The molecule has 0 spiro atoms. The second kappa shape index (κ2) is 7.23. The van der Waals surface area contributed by atoms with E-state index in [4.69, 9.17) is 0 Å². The van der Waals surface area contributed by atoms with Crippen molar-refractivity contribution in [2.75, 3.05) is 19.3 Å². The van der Waals surface area contributed by atoms with Crippen molar-refractivity contribution in [2.24, 2.45) is 5.92 Å². The Hall–Kier alpha value is -1.40. The lowest BCUT2D eigenvalue weighted by molar-refractivity contribution is 0.0917. The van der Waals surface area contributed by atoms with Gasteiger partial charge in [0.1, 0.15) is 0 Å². The van der Waals surface area contributed by atoms with E-state index in [1.807, 2.05) is 24.3 Å². The van der Waals surface area contributed by atoms with Crippen LogP contribution in [0.2, 0.25) is 0 Å². The van der Waals surface area contributed by atoms with Gasteiger partial charge in [0.2, 0.25) is 10.0 Å². The summed E-state index contributed by atoms with van der Waals surface area (Å²) in [5.74, 6) is 0.533. The van der Waals surface area contributed by atoms with Crippen molar-refractivity contribution in [3.05, 3.63) is 35.4 Å². The van der Waals surface area contributed by atoms with Gasteiger partial charge in [0, 0.05) is 24.7 Å². The standard InChI is InChI=1S/C18H26N2O3S/c1-24(22,23)20-11-9-15(10-12-20)13-14-5-7-16(8-6-14)18(21)19-17-3-2-4-17/h5-8,15,17H,2-4,9-13H2,1H3,(H,19,21). The highest BCUT2D eigenvalue weighted by atomic mass is 32.2. The molecule has 1 amide bonds. The Balaban J connectivity index is 1.50. The Bertz CT molecular complexity index is 673. The molecule has 2 fully saturated rings. The second-order valence-corrected chi connectivity index (χ2v) is 9.09. The Labute approximate surface area is 144 Å². The van der Waals surface area contributed by atoms with E-state index in [1.54, 1.807) is 4.31 Å². The highest BCUT2D eigenvalue weighted by molar-refractivity contribution is 7.88. The number of amides is 1. The number of nitrogens with zero attached hydrogens (tertiary/aromatic N) is 1. The first-order valence-electron chi connectivity index (χ1n) is 8.77. The average Bonchev–Trinajstić information content (AvgIpc) is 2.51. The topological polar surface area (TPSA) is 66.5 Å². The molecule has 3 rings (SSSR count). The third-order valence-corrected chi connectivity index (χ3v) is 6.53. The fraction of sp³-hybridized carbons (Fsp3) is 0.611. The summed E-state index contributed by atoms with van der Waals surface area (Å²) in [6, 6.07) is 8.21. The molecular formula is C18H26N2O3S. The highest BCUT2D eigenvalue weighted by Gasteiger charge is 2.25. The van der Waals surface area contributed by atoms with Crippen molar-refractivity contribution >= 4 is 15.9 Å². The van der Waals surface area contributed by atoms with E-state index in [0.717, 1.165) is 37.7 Å². The Morgan fingerprint density at radius 3 is 2.25 bits per heavy atom. The van der Waals surface area contributed by atoms with Crippen LogP contribution in [-0.4, -0.2) is 44.0 Å². The number of carbonyl (C=O) groups is 1. The van der Waals surface area contributed by atoms with Crippen molar-refractivity contribution in [3.8, 4) is 0 Å². The molecule has 1 saturated heterocycles. The molecule has 0 unspecified atom stereocenters. The van der Waals surface area contributed by atoms with E-state index >= 15 is 0 Å². The number of piperidine rings is 1. The number of rotatable bonds is 5. The van der Waals surface area contributed by atoms with Crippen LogP contribution in [0, 0.1) is 5.92 Å². The van der Waals surface area contributed by atoms with Crippen LogP contribution in [0.4, 0.5) is 0 Å². The third-order valence-electron chi connectivity index (χ3n) is 5.22. The first kappa shape index (κ1) is 17.4. The number of nitrogens with one attached hydrogen (secondary N) is 1. The maximum atomic E-state index is 12.1. The molecule has 1 heterocycles. The van der Waals surface area contributed by atoms with Gasteiger partial charge in [-0.2, -0.15) is 0 Å². The molecule has 0 aromatic heterocycles. The summed E-state index contributed by atoms with van der Waals surface area (Å²) >= 11 is 0. The van der Waals surface area contributed by atoms with Gasteiger partial charge < -0.3 is 5.32 Å². The molecule has 5 nitrogen and oxygen atoms in total. The molecule has 1 N–H and O–H groups in total. The number of sulfonamides is 1. The predicted octanol–water partition coefficient (Wildman–Crippen LogP) is 2.18. The van der Waals surface area contributed by atoms with Crippen molar-refractivity contribution in [3.63, 3.8) is 0 Å². The quantitative estimate of drug-likeness (QED) is 0.885. The van der Waals surface area contributed by atoms with E-state index in [1.165, 1.54) is 18.2 Å². The Morgan fingerprint density at radius 2 is 1.75 bits per heavy atom. The largest absolute Gasteiger partial charge is 0.349 e. The molecule has 6 heteroatoms. The lowest BCUT2D eigenvalue weighted by Gasteiger charge is -2.30. The minimum atomic E-state index is -3.06. The van der Waals surface area contributed by atoms with E-state index in [9.17, 15) is 13.2 Å². The first-order valence-corrected chi connectivity index (χ1v) is 10.6. The molecule has 24 heavy (non-hydrogen) atoms. The van der Waals surface area contributed by atoms with Crippen LogP contribution in [0.25, 0.3) is 0 Å². The monoisotopic (exact) mass is 350 g/mol. The summed E-state index contributed by atoms with van der Waals surface area (Å²) in [6.45, 7) is 1.23. The third kappa shape index (κ3) is 4.36. The van der Waals surface area contributed by atoms with Crippen LogP contribution in [-0.2, 0) is 16.4 Å². The van der Waals surface area contributed by atoms with Gasteiger partial charge in [-0.25, -0.2) is 12.7 Å². The van der Waals surface area contributed by atoms with Gasteiger partial charge in [-0.1, -0.05) is 12.1 Å². The molecular weight excluding hydrogens is 324 g/mol. The average molecular weight is 350 g/mol. The zero-order valence-corrected chi connectivity index (χ0v) is 15.0. The molecule has 1 aromatic carbocycles. The van der Waals surface area contributed by atoms with E-state index in [-0.39, 0.29) is 5.91 Å². The number of hydrogen-bond donors (Lipinski definition) is 1. The van der Waals surface area contributed by atoms with Crippen molar-refractivity contribution < 1.29 is 13.2 Å². The van der Waals surface area contributed by atoms with Gasteiger partial charge >= 0.3 is 0 Å². The van der Waals surface area contributed by atoms with Crippen LogP contribution in [0.3, 0.4) is 0 Å². The molecule has 1 saturated carbocycles. The van der Waals surface area contributed by atoms with E-state index in [0.29, 0.717) is 25.0 Å². The SMILES string of the molecule is CS(=O)(=O)N1CCC(Cc2ccc(C(=O)NC3CCC3)cc2)CC1. The van der Waals surface area contributed by atoms with Gasteiger partial charge in [-0.15, -0.1) is 0 Å². The molecule has 1 aromatic rings.